The molecule has 1 heterocycles. The molecule has 0 aliphatic rings. The third kappa shape index (κ3) is 4.90. The van der Waals surface area contributed by atoms with Crippen molar-refractivity contribution in [3.8, 4) is 0 Å². The van der Waals surface area contributed by atoms with Gasteiger partial charge in [0.1, 0.15) is 11.4 Å². The quantitative estimate of drug-likeness (QED) is 0.604. The summed E-state index contributed by atoms with van der Waals surface area (Å²) >= 11 is 5.71. The van der Waals surface area contributed by atoms with Gasteiger partial charge >= 0.3 is 5.76 Å². The summed E-state index contributed by atoms with van der Waals surface area (Å²) in [7, 11) is -1.50. The number of aromatic nitrogens is 1. The number of pyridine rings is 1. The van der Waals surface area contributed by atoms with Crippen molar-refractivity contribution in [2.24, 2.45) is 14.6 Å². The van der Waals surface area contributed by atoms with Crippen molar-refractivity contribution in [1.82, 2.24) is 4.98 Å². The fraction of sp³-hybridized carbons (Fsp3) is 0.214. The molecule has 0 saturated heterocycles. The average Bonchev–Trinajstić information content (AvgIpc) is 2.61. The minimum Gasteiger partial charge on any atom is -0.378 e. The highest BCUT2D eigenvalue weighted by Gasteiger charge is 2.25. The highest BCUT2D eigenvalue weighted by atomic mass is 35.5. The zero-order valence-electron chi connectivity index (χ0n) is 13.5. The minimum absolute atomic E-state index is 0.0298. The van der Waals surface area contributed by atoms with E-state index in [9.17, 15) is 17.5 Å². The van der Waals surface area contributed by atoms with E-state index in [4.69, 9.17) is 11.6 Å². The molecule has 2 rings (SSSR count). The number of hydrogen-bond acceptors (Lipinski definition) is 7. The second kappa shape index (κ2) is 8.43. The normalized spacial score (nSPS) is 13.8. The van der Waals surface area contributed by atoms with Gasteiger partial charge in [0, 0.05) is 26.0 Å². The average molecular weight is 408 g/mol. The molecule has 0 radical (unpaired) electrons. The van der Waals surface area contributed by atoms with Crippen molar-refractivity contribution < 1.29 is 21.9 Å². The molecule has 12 heteroatoms. The van der Waals surface area contributed by atoms with E-state index in [0.29, 0.717) is 10.7 Å². The number of anilines is 1. The Morgan fingerprint density at radius 3 is 2.46 bits per heavy atom. The van der Waals surface area contributed by atoms with Crippen LogP contribution in [0.2, 0.25) is 5.02 Å². The van der Waals surface area contributed by atoms with Gasteiger partial charge in [-0.2, -0.15) is 13.1 Å². The molecule has 1 aromatic heterocycles. The lowest BCUT2D eigenvalue weighted by Crippen LogP contribution is -2.11. The van der Waals surface area contributed by atoms with Crippen LogP contribution in [0.15, 0.2) is 51.1 Å². The zero-order valence-corrected chi connectivity index (χ0v) is 15.1. The van der Waals surface area contributed by atoms with Gasteiger partial charge in [0.05, 0.1) is 5.02 Å². The number of halogens is 4. The van der Waals surface area contributed by atoms with Crippen molar-refractivity contribution >= 4 is 44.5 Å². The lowest BCUT2D eigenvalue weighted by Gasteiger charge is -2.13. The van der Waals surface area contributed by atoms with Crippen LogP contribution in [0.4, 0.5) is 36.2 Å². The number of hydrogen-bond donors (Lipinski definition) is 0. The highest BCUT2D eigenvalue weighted by Crippen LogP contribution is 2.35. The second-order valence-corrected chi connectivity index (χ2v) is 7.16. The zero-order chi connectivity index (χ0) is 19.3. The van der Waals surface area contributed by atoms with Crippen molar-refractivity contribution in [1.29, 1.82) is 0 Å². The lowest BCUT2D eigenvalue weighted by atomic mass is 10.2. The van der Waals surface area contributed by atoms with Gasteiger partial charge in [0.15, 0.2) is 5.82 Å². The number of rotatable bonds is 6. The number of azo groups is 1. The standard InChI is InChI=1S/C14H13ClF3N5O2S/c1-23(2)10-4-5-11(20-21-13-6-3-9(15)8-19-13)12(7-10)22-26(24,25-18)14(16)17/h3-8,14H,1-2H3. The molecule has 0 bridgehead atoms. The van der Waals surface area contributed by atoms with Crippen LogP contribution in [0, 0.1) is 0 Å². The maximum absolute atomic E-state index is 12.8. The van der Waals surface area contributed by atoms with E-state index in [1.807, 2.05) is 0 Å². The van der Waals surface area contributed by atoms with Crippen molar-refractivity contribution in [2.75, 3.05) is 19.0 Å². The first-order valence-electron chi connectivity index (χ1n) is 6.94. The van der Waals surface area contributed by atoms with Crippen molar-refractivity contribution in [3.63, 3.8) is 0 Å². The Morgan fingerprint density at radius 2 is 1.92 bits per heavy atom. The summed E-state index contributed by atoms with van der Waals surface area (Å²) in [6.45, 7) is 0. The molecule has 1 unspecified atom stereocenters. The molecular formula is C14H13ClF3N5O2S. The molecule has 140 valence electrons. The van der Waals surface area contributed by atoms with E-state index < -0.39 is 15.8 Å². The van der Waals surface area contributed by atoms with Crippen molar-refractivity contribution in [3.05, 3.63) is 41.6 Å². The first-order valence-corrected chi connectivity index (χ1v) is 8.82. The third-order valence-electron chi connectivity index (χ3n) is 2.99. The van der Waals surface area contributed by atoms with Gasteiger partial charge in [0.25, 0.3) is 10.0 Å². The first kappa shape index (κ1) is 20.1. The molecule has 2 aromatic rings. The maximum Gasteiger partial charge on any atom is 0.345 e. The minimum atomic E-state index is -4.88. The Morgan fingerprint density at radius 1 is 1.19 bits per heavy atom. The van der Waals surface area contributed by atoms with Crippen LogP contribution < -0.4 is 4.90 Å². The van der Waals surface area contributed by atoms with E-state index in [-0.39, 0.29) is 17.2 Å². The fourth-order valence-electron chi connectivity index (χ4n) is 1.70. The van der Waals surface area contributed by atoms with Crippen LogP contribution in [-0.2, 0) is 14.4 Å². The first-order chi connectivity index (χ1) is 12.2. The molecule has 26 heavy (non-hydrogen) atoms. The highest BCUT2D eigenvalue weighted by molar-refractivity contribution is 7.89. The molecule has 1 aromatic carbocycles. The maximum atomic E-state index is 12.8. The van der Waals surface area contributed by atoms with Gasteiger partial charge < -0.3 is 4.90 Å². The molecule has 0 saturated carbocycles. The molecule has 0 amide bonds. The molecule has 0 spiro atoms. The Hall–Kier alpha value is -2.24. The van der Waals surface area contributed by atoms with Crippen LogP contribution in [0.3, 0.4) is 0 Å². The van der Waals surface area contributed by atoms with Gasteiger partial charge in [-0.1, -0.05) is 16.0 Å². The predicted octanol–water partition coefficient (Wildman–Crippen LogP) is 5.35. The Labute approximate surface area is 152 Å². The van der Waals surface area contributed by atoms with Gasteiger partial charge in [-0.15, -0.1) is 10.2 Å². The van der Waals surface area contributed by atoms with E-state index in [0.717, 1.165) is 0 Å². The Kier molecular flexibility index (Phi) is 6.51. The summed E-state index contributed by atoms with van der Waals surface area (Å²) in [6.07, 6.45) is 1.34. The number of alkyl halides is 2. The lowest BCUT2D eigenvalue weighted by molar-refractivity contribution is -0.000950. The van der Waals surface area contributed by atoms with Gasteiger partial charge in [-0.25, -0.2) is 9.19 Å². The van der Waals surface area contributed by atoms with Crippen LogP contribution in [0.25, 0.3) is 0 Å². The molecule has 0 aliphatic carbocycles. The van der Waals surface area contributed by atoms with Crippen LogP contribution >= 0.6 is 11.6 Å². The molecule has 0 N–H and O–H groups in total. The number of benzene rings is 1. The number of nitrogens with zero attached hydrogens (tertiary/aromatic N) is 5. The molecular weight excluding hydrogens is 395 g/mol. The van der Waals surface area contributed by atoms with Gasteiger partial charge in [-0.3, -0.25) is 0 Å². The summed E-state index contributed by atoms with van der Waals surface area (Å²) in [5.74, 6) is -3.47. The van der Waals surface area contributed by atoms with E-state index in [2.05, 4.69) is 24.0 Å². The summed E-state index contributed by atoms with van der Waals surface area (Å²) < 4.78 is 56.0. The molecule has 0 fully saturated rings. The van der Waals surface area contributed by atoms with E-state index in [1.54, 1.807) is 25.1 Å². The van der Waals surface area contributed by atoms with Crippen LogP contribution in [-0.4, -0.2) is 29.0 Å². The molecule has 1 atom stereocenters. The smallest absolute Gasteiger partial charge is 0.345 e. The summed E-state index contributed by atoms with van der Waals surface area (Å²) in [6, 6.07) is 7.30. The van der Waals surface area contributed by atoms with Gasteiger partial charge in [0.2, 0.25) is 0 Å². The SMILES string of the molecule is CN(C)c1ccc(N=Nc2ccc(Cl)cn2)c(N=S(=O)(OF)C(F)F)c1. The molecule has 0 aliphatic heterocycles. The summed E-state index contributed by atoms with van der Waals surface area (Å²) in [4.78, 5) is 5.54. The Balaban J connectivity index is 2.53. The predicted molar refractivity (Wildman–Crippen MR) is 92.6 cm³/mol. The van der Waals surface area contributed by atoms with E-state index in [1.165, 1.54) is 30.5 Å². The van der Waals surface area contributed by atoms with Gasteiger partial charge in [-0.05, 0) is 34.9 Å². The topological polar surface area (TPSA) is 79.5 Å². The summed E-state index contributed by atoms with van der Waals surface area (Å²) in [5, 5.41) is 8.06. The fourth-order valence-corrected chi connectivity index (χ4v) is 2.39. The van der Waals surface area contributed by atoms with Crippen LogP contribution in [0.1, 0.15) is 0 Å². The molecule has 7 nitrogen and oxygen atoms in total. The van der Waals surface area contributed by atoms with E-state index >= 15 is 0 Å². The third-order valence-corrected chi connectivity index (χ3v) is 4.29. The van der Waals surface area contributed by atoms with Crippen LogP contribution in [0.5, 0.6) is 0 Å². The monoisotopic (exact) mass is 407 g/mol. The summed E-state index contributed by atoms with van der Waals surface area (Å²) in [5.41, 5.74) is 0.219. The second-order valence-electron chi connectivity index (χ2n) is 5.03. The Bertz CT molecular complexity index is 915. The van der Waals surface area contributed by atoms with Crippen molar-refractivity contribution in [2.45, 2.75) is 5.76 Å². The largest absolute Gasteiger partial charge is 0.378 e.